The first-order chi connectivity index (χ1) is 32.5. The van der Waals surface area contributed by atoms with E-state index >= 15 is 0 Å². The average Bonchev–Trinajstić information content (AvgIpc) is 3.99. The standard InChI is InChI=1S/C63H44N2O/c1-63(2)57-38-48(29-32-51(57)52-33-30-49(39-58(52)63)65-59-22-12-9-19-53(59)54-20-10-13-23-60(54)65)64(50-31-34-56-55-21-11-14-24-61(55)66-62(56)40-50)47-27-25-43(26-28-47)46-36-44(41-15-5-3-6-16-41)35-45(37-46)42-17-7-4-8-18-42/h3-40H,1-2H3. The zero-order chi connectivity index (χ0) is 43.9. The van der Waals surface area contributed by atoms with Crippen LogP contribution in [0.25, 0.3) is 93.9 Å². The van der Waals surface area contributed by atoms with E-state index < -0.39 is 0 Å². The van der Waals surface area contributed by atoms with Gasteiger partial charge in [0.15, 0.2) is 0 Å². The SMILES string of the molecule is CC1(C)c2cc(N(c3ccc(-c4cc(-c5ccccc5)cc(-c5ccccc5)c4)cc3)c3ccc4c(c3)oc3ccccc34)ccc2-c2ccc(-n3c4ccccc4c4ccccc43)cc21. The van der Waals surface area contributed by atoms with Gasteiger partial charge in [-0.3, -0.25) is 0 Å². The maximum Gasteiger partial charge on any atom is 0.137 e. The van der Waals surface area contributed by atoms with Crippen LogP contribution in [0, 0.1) is 0 Å². The molecule has 0 unspecified atom stereocenters. The predicted molar refractivity (Wildman–Crippen MR) is 277 cm³/mol. The monoisotopic (exact) mass is 844 g/mol. The lowest BCUT2D eigenvalue weighted by Crippen LogP contribution is -2.17. The van der Waals surface area contributed by atoms with E-state index in [1.807, 2.05) is 6.07 Å². The molecule has 3 heteroatoms. The third kappa shape index (κ3) is 6.04. The van der Waals surface area contributed by atoms with Crippen LogP contribution >= 0.6 is 0 Å². The molecule has 2 heterocycles. The van der Waals surface area contributed by atoms with Crippen molar-refractivity contribution >= 4 is 60.8 Å². The van der Waals surface area contributed by atoms with Gasteiger partial charge in [0, 0.05) is 55.8 Å². The largest absolute Gasteiger partial charge is 0.456 e. The second-order valence-electron chi connectivity index (χ2n) is 18.1. The van der Waals surface area contributed by atoms with Gasteiger partial charge in [-0.1, -0.05) is 153 Å². The van der Waals surface area contributed by atoms with Gasteiger partial charge in [-0.15, -0.1) is 0 Å². The third-order valence-corrected chi connectivity index (χ3v) is 14.0. The zero-order valence-corrected chi connectivity index (χ0v) is 36.7. The summed E-state index contributed by atoms with van der Waals surface area (Å²) >= 11 is 0. The molecular formula is C63H44N2O. The fraction of sp³-hybridized carbons (Fsp3) is 0.0476. The zero-order valence-electron chi connectivity index (χ0n) is 36.7. The number of hydrogen-bond acceptors (Lipinski definition) is 2. The van der Waals surface area contributed by atoms with Gasteiger partial charge in [0.1, 0.15) is 11.2 Å². The van der Waals surface area contributed by atoms with Crippen molar-refractivity contribution in [1.82, 2.24) is 4.57 Å². The van der Waals surface area contributed by atoms with Gasteiger partial charge in [-0.25, -0.2) is 0 Å². The molecule has 66 heavy (non-hydrogen) atoms. The lowest BCUT2D eigenvalue weighted by molar-refractivity contribution is 0.660. The summed E-state index contributed by atoms with van der Waals surface area (Å²) in [5, 5.41) is 4.78. The Hall–Kier alpha value is -8.40. The number of anilines is 3. The Balaban J connectivity index is 0.932. The van der Waals surface area contributed by atoms with Crippen LogP contribution in [0.5, 0.6) is 0 Å². The van der Waals surface area contributed by atoms with Gasteiger partial charge in [-0.05, 0) is 141 Å². The highest BCUT2D eigenvalue weighted by atomic mass is 16.3. The summed E-state index contributed by atoms with van der Waals surface area (Å²) in [5.41, 5.74) is 20.7. The highest BCUT2D eigenvalue weighted by Gasteiger charge is 2.36. The van der Waals surface area contributed by atoms with Gasteiger partial charge in [0.25, 0.3) is 0 Å². The highest BCUT2D eigenvalue weighted by molar-refractivity contribution is 6.09. The van der Waals surface area contributed by atoms with E-state index in [0.29, 0.717) is 0 Å². The lowest BCUT2D eigenvalue weighted by Gasteiger charge is -2.28. The first-order valence-electron chi connectivity index (χ1n) is 22.8. The Morgan fingerprint density at radius 3 is 1.45 bits per heavy atom. The number of rotatable bonds is 7. The van der Waals surface area contributed by atoms with Crippen LogP contribution < -0.4 is 4.90 Å². The second-order valence-corrected chi connectivity index (χ2v) is 18.1. The molecule has 0 amide bonds. The van der Waals surface area contributed by atoms with Crippen molar-refractivity contribution in [2.75, 3.05) is 4.90 Å². The summed E-state index contributed by atoms with van der Waals surface area (Å²) in [4.78, 5) is 2.38. The van der Waals surface area contributed by atoms with E-state index in [-0.39, 0.29) is 5.41 Å². The van der Waals surface area contributed by atoms with Crippen molar-refractivity contribution in [1.29, 1.82) is 0 Å². The van der Waals surface area contributed by atoms with E-state index in [4.69, 9.17) is 4.42 Å². The van der Waals surface area contributed by atoms with E-state index in [0.717, 1.165) is 44.6 Å². The van der Waals surface area contributed by atoms with Crippen molar-refractivity contribution in [3.63, 3.8) is 0 Å². The Labute approximate surface area is 384 Å². The fourth-order valence-electron chi connectivity index (χ4n) is 10.7. The maximum atomic E-state index is 6.50. The summed E-state index contributed by atoms with van der Waals surface area (Å²) in [6, 6.07) is 83.9. The number of furan rings is 1. The maximum absolute atomic E-state index is 6.50. The molecular weight excluding hydrogens is 801 g/mol. The normalized spacial score (nSPS) is 12.8. The van der Waals surface area contributed by atoms with Gasteiger partial charge in [-0.2, -0.15) is 0 Å². The molecule has 0 spiro atoms. The van der Waals surface area contributed by atoms with E-state index in [1.165, 1.54) is 77.6 Å². The second kappa shape index (κ2) is 14.8. The third-order valence-electron chi connectivity index (χ3n) is 14.0. The molecule has 1 aliphatic carbocycles. The van der Waals surface area contributed by atoms with E-state index in [1.54, 1.807) is 0 Å². The molecule has 13 rings (SSSR count). The number of aromatic nitrogens is 1. The van der Waals surface area contributed by atoms with Crippen molar-refractivity contribution in [3.05, 3.63) is 242 Å². The smallest absolute Gasteiger partial charge is 0.137 e. The molecule has 312 valence electrons. The number of nitrogens with zero attached hydrogens (tertiary/aromatic N) is 2. The van der Waals surface area contributed by atoms with Crippen LogP contribution in [0.3, 0.4) is 0 Å². The summed E-state index contributed by atoms with van der Waals surface area (Å²) in [6.45, 7) is 4.76. The molecule has 0 aliphatic heterocycles. The Morgan fingerprint density at radius 2 is 0.818 bits per heavy atom. The molecule has 10 aromatic carbocycles. The number of benzene rings is 10. The lowest BCUT2D eigenvalue weighted by atomic mass is 9.82. The Kier molecular flexibility index (Phi) is 8.56. The van der Waals surface area contributed by atoms with Crippen LogP contribution in [0.1, 0.15) is 25.0 Å². The first kappa shape index (κ1) is 38.1. The van der Waals surface area contributed by atoms with Crippen LogP contribution in [-0.2, 0) is 5.41 Å². The van der Waals surface area contributed by atoms with Crippen LogP contribution in [-0.4, -0.2) is 4.57 Å². The number of fused-ring (bicyclic) bond motifs is 9. The van der Waals surface area contributed by atoms with E-state index in [9.17, 15) is 0 Å². The van der Waals surface area contributed by atoms with Crippen LogP contribution in [0.15, 0.2) is 235 Å². The molecule has 0 saturated carbocycles. The van der Waals surface area contributed by atoms with Crippen LogP contribution in [0.2, 0.25) is 0 Å². The quantitative estimate of drug-likeness (QED) is 0.159. The molecule has 0 N–H and O–H groups in total. The fourth-order valence-corrected chi connectivity index (χ4v) is 10.7. The minimum atomic E-state index is -0.256. The summed E-state index contributed by atoms with van der Waals surface area (Å²) in [6.07, 6.45) is 0. The highest BCUT2D eigenvalue weighted by Crippen LogP contribution is 2.52. The number of para-hydroxylation sites is 3. The Morgan fingerprint density at radius 1 is 0.348 bits per heavy atom. The van der Waals surface area contributed by atoms with Gasteiger partial charge >= 0.3 is 0 Å². The molecule has 0 saturated heterocycles. The molecule has 12 aromatic rings. The van der Waals surface area contributed by atoms with Crippen LogP contribution in [0.4, 0.5) is 17.1 Å². The van der Waals surface area contributed by atoms with Gasteiger partial charge < -0.3 is 13.9 Å². The topological polar surface area (TPSA) is 21.3 Å². The summed E-state index contributed by atoms with van der Waals surface area (Å²) in [7, 11) is 0. The molecule has 2 aromatic heterocycles. The summed E-state index contributed by atoms with van der Waals surface area (Å²) in [5.74, 6) is 0. The molecule has 1 aliphatic rings. The summed E-state index contributed by atoms with van der Waals surface area (Å²) < 4.78 is 8.93. The predicted octanol–water partition coefficient (Wildman–Crippen LogP) is 17.5. The molecule has 0 bridgehead atoms. The minimum absolute atomic E-state index is 0.256. The molecule has 0 atom stereocenters. The Bertz CT molecular complexity index is 3730. The molecule has 0 fully saturated rings. The van der Waals surface area contributed by atoms with E-state index in [2.05, 4.69) is 248 Å². The molecule has 3 nitrogen and oxygen atoms in total. The van der Waals surface area contributed by atoms with Crippen molar-refractivity contribution in [2.24, 2.45) is 0 Å². The molecule has 0 radical (unpaired) electrons. The first-order valence-corrected chi connectivity index (χ1v) is 22.8. The van der Waals surface area contributed by atoms with Crippen molar-refractivity contribution in [2.45, 2.75) is 19.3 Å². The van der Waals surface area contributed by atoms with Crippen molar-refractivity contribution in [3.8, 4) is 50.2 Å². The van der Waals surface area contributed by atoms with Gasteiger partial charge in [0.05, 0.1) is 11.0 Å². The average molecular weight is 845 g/mol. The van der Waals surface area contributed by atoms with Gasteiger partial charge in [0.2, 0.25) is 0 Å². The van der Waals surface area contributed by atoms with Crippen molar-refractivity contribution < 1.29 is 4.42 Å². The number of hydrogen-bond donors (Lipinski definition) is 0. The minimum Gasteiger partial charge on any atom is -0.456 e.